The van der Waals surface area contributed by atoms with Gasteiger partial charge in [-0.15, -0.1) is 0 Å². The van der Waals surface area contributed by atoms with Crippen molar-refractivity contribution >= 4 is 28.3 Å². The average molecular weight is 358 g/mol. The number of piperidine rings is 1. The number of nitrogens with one attached hydrogen (secondary N) is 1. The first kappa shape index (κ1) is 17.9. The van der Waals surface area contributed by atoms with Crippen LogP contribution in [0.4, 0.5) is 5.82 Å². The van der Waals surface area contributed by atoms with Gasteiger partial charge in [0.25, 0.3) is 0 Å². The van der Waals surface area contributed by atoms with Crippen molar-refractivity contribution in [3.63, 3.8) is 0 Å². The van der Waals surface area contributed by atoms with Gasteiger partial charge in [-0.2, -0.15) is 5.26 Å². The molecule has 0 saturated carbocycles. The molecular weight excluding hydrogens is 334 g/mol. The minimum Gasteiger partial charge on any atom is -0.367 e. The Morgan fingerprint density at radius 2 is 2.28 bits per heavy atom. The summed E-state index contributed by atoms with van der Waals surface area (Å²) in [6.07, 6.45) is 5.51. The summed E-state index contributed by atoms with van der Waals surface area (Å²) in [7, 11) is 0. The predicted octanol–water partition coefficient (Wildman–Crippen LogP) is 4.24. The number of nitriles is 1. The average Bonchev–Trinajstić information content (AvgIpc) is 2.60. The van der Waals surface area contributed by atoms with Crippen molar-refractivity contribution in [2.45, 2.75) is 57.7 Å². The number of hydrogen-bond donors (Lipinski definition) is 1. The fourth-order valence-electron chi connectivity index (χ4n) is 3.92. The number of fused-ring (bicyclic) bond motifs is 1. The number of nitrogens with zero attached hydrogens (tertiary/aromatic N) is 4. The highest BCUT2D eigenvalue weighted by molar-refractivity contribution is 6.30. The zero-order chi connectivity index (χ0) is 17.8. The molecule has 0 amide bonds. The molecular formula is C19H24ClN5. The van der Waals surface area contributed by atoms with Gasteiger partial charge in [0.1, 0.15) is 11.0 Å². The van der Waals surface area contributed by atoms with E-state index in [2.05, 4.69) is 40.1 Å². The van der Waals surface area contributed by atoms with Crippen molar-refractivity contribution in [3.8, 4) is 6.07 Å². The van der Waals surface area contributed by atoms with E-state index in [1.54, 1.807) is 12.3 Å². The molecule has 3 rings (SSSR count). The van der Waals surface area contributed by atoms with Crippen LogP contribution in [0.3, 0.4) is 0 Å². The molecule has 0 bridgehead atoms. The first-order valence-electron chi connectivity index (χ1n) is 8.92. The van der Waals surface area contributed by atoms with E-state index >= 15 is 0 Å². The molecule has 0 radical (unpaired) electrons. The van der Waals surface area contributed by atoms with Crippen molar-refractivity contribution < 1.29 is 0 Å². The van der Waals surface area contributed by atoms with Gasteiger partial charge in [-0.05, 0) is 38.3 Å². The van der Waals surface area contributed by atoms with Crippen LogP contribution in [-0.2, 0) is 0 Å². The number of halogens is 1. The SMILES string of the molecule is CCC1CC(Nc2nc(Cl)cc3ncccc23)CC(C)N1CCC#N. The number of aromatic nitrogens is 2. The Morgan fingerprint density at radius 1 is 1.44 bits per heavy atom. The molecule has 3 atom stereocenters. The second-order valence-electron chi connectivity index (χ2n) is 6.73. The first-order chi connectivity index (χ1) is 12.1. The predicted molar refractivity (Wildman–Crippen MR) is 102 cm³/mol. The summed E-state index contributed by atoms with van der Waals surface area (Å²) in [5, 5.41) is 14.0. The molecule has 0 aliphatic carbocycles. The van der Waals surface area contributed by atoms with Gasteiger partial charge >= 0.3 is 0 Å². The maximum absolute atomic E-state index is 8.90. The molecule has 1 fully saturated rings. The summed E-state index contributed by atoms with van der Waals surface area (Å²) in [5.74, 6) is 0.813. The lowest BCUT2D eigenvalue weighted by Gasteiger charge is -2.44. The molecule has 25 heavy (non-hydrogen) atoms. The van der Waals surface area contributed by atoms with Crippen LogP contribution in [0.2, 0.25) is 5.15 Å². The summed E-state index contributed by atoms with van der Waals surface area (Å²) >= 11 is 6.18. The van der Waals surface area contributed by atoms with E-state index in [1.807, 2.05) is 12.1 Å². The molecule has 0 spiro atoms. The fourth-order valence-corrected chi connectivity index (χ4v) is 4.10. The van der Waals surface area contributed by atoms with Crippen LogP contribution in [0.15, 0.2) is 24.4 Å². The molecule has 5 nitrogen and oxygen atoms in total. The lowest BCUT2D eigenvalue weighted by Crippen LogP contribution is -2.51. The standard InChI is InChI=1S/C19H24ClN5/c1-3-15-11-14(10-13(2)25(15)9-5-7-21)23-19-16-6-4-8-22-17(16)12-18(20)24-19/h4,6,8,12-15H,3,5,9-11H2,1-2H3,(H,23,24). The van der Waals surface area contributed by atoms with E-state index in [0.717, 1.165) is 42.5 Å². The summed E-state index contributed by atoms with van der Waals surface area (Å²) in [6.45, 7) is 5.32. The van der Waals surface area contributed by atoms with Crippen LogP contribution in [0, 0.1) is 11.3 Å². The number of likely N-dealkylation sites (tertiary alicyclic amines) is 1. The van der Waals surface area contributed by atoms with Crippen molar-refractivity contribution in [2.24, 2.45) is 0 Å². The highest BCUT2D eigenvalue weighted by Gasteiger charge is 2.32. The van der Waals surface area contributed by atoms with E-state index in [-0.39, 0.29) is 0 Å². The summed E-state index contributed by atoms with van der Waals surface area (Å²) < 4.78 is 0. The van der Waals surface area contributed by atoms with Gasteiger partial charge in [0.05, 0.1) is 11.6 Å². The Labute approximate surface area is 154 Å². The van der Waals surface area contributed by atoms with Crippen molar-refractivity contribution in [1.82, 2.24) is 14.9 Å². The summed E-state index contributed by atoms with van der Waals surface area (Å²) in [6, 6.07) is 9.27. The number of pyridine rings is 2. The molecule has 3 heterocycles. The van der Waals surface area contributed by atoms with Crippen LogP contribution in [0.25, 0.3) is 10.9 Å². The second-order valence-corrected chi connectivity index (χ2v) is 7.12. The molecule has 1 aliphatic heterocycles. The third-order valence-electron chi connectivity index (χ3n) is 5.08. The Kier molecular flexibility index (Phi) is 5.72. The molecule has 1 aliphatic rings. The van der Waals surface area contributed by atoms with Crippen LogP contribution in [-0.4, -0.2) is 39.5 Å². The minimum absolute atomic E-state index is 0.340. The van der Waals surface area contributed by atoms with Gasteiger partial charge in [0.2, 0.25) is 0 Å². The van der Waals surface area contributed by atoms with Gasteiger partial charge in [-0.25, -0.2) is 4.98 Å². The van der Waals surface area contributed by atoms with Gasteiger partial charge in [-0.1, -0.05) is 18.5 Å². The van der Waals surface area contributed by atoms with Crippen LogP contribution >= 0.6 is 11.6 Å². The smallest absolute Gasteiger partial charge is 0.137 e. The molecule has 1 saturated heterocycles. The molecule has 2 aromatic heterocycles. The van der Waals surface area contributed by atoms with E-state index in [1.165, 1.54) is 0 Å². The van der Waals surface area contributed by atoms with Crippen LogP contribution < -0.4 is 5.32 Å². The van der Waals surface area contributed by atoms with Gasteiger partial charge in [0.15, 0.2) is 0 Å². The lowest BCUT2D eigenvalue weighted by molar-refractivity contribution is 0.0859. The quantitative estimate of drug-likeness (QED) is 0.811. The number of hydrogen-bond acceptors (Lipinski definition) is 5. The van der Waals surface area contributed by atoms with Crippen LogP contribution in [0.1, 0.15) is 39.5 Å². The van der Waals surface area contributed by atoms with E-state index < -0.39 is 0 Å². The Morgan fingerprint density at radius 3 is 3.04 bits per heavy atom. The minimum atomic E-state index is 0.340. The molecule has 2 aromatic rings. The number of rotatable bonds is 5. The Hall–Kier alpha value is -1.90. The van der Waals surface area contributed by atoms with E-state index in [9.17, 15) is 0 Å². The highest BCUT2D eigenvalue weighted by atomic mass is 35.5. The fraction of sp³-hybridized carbons (Fsp3) is 0.526. The van der Waals surface area contributed by atoms with E-state index in [4.69, 9.17) is 16.9 Å². The van der Waals surface area contributed by atoms with Crippen molar-refractivity contribution in [1.29, 1.82) is 5.26 Å². The molecule has 1 N–H and O–H groups in total. The first-order valence-corrected chi connectivity index (χ1v) is 9.30. The largest absolute Gasteiger partial charge is 0.367 e. The second kappa shape index (κ2) is 7.99. The van der Waals surface area contributed by atoms with Crippen molar-refractivity contribution in [3.05, 3.63) is 29.5 Å². The lowest BCUT2D eigenvalue weighted by atomic mass is 9.90. The third kappa shape index (κ3) is 4.02. The zero-order valence-electron chi connectivity index (χ0n) is 14.7. The maximum atomic E-state index is 8.90. The van der Waals surface area contributed by atoms with Crippen molar-refractivity contribution in [2.75, 3.05) is 11.9 Å². The van der Waals surface area contributed by atoms with Gasteiger partial charge in [-0.3, -0.25) is 9.88 Å². The Balaban J connectivity index is 1.79. The molecule has 3 unspecified atom stereocenters. The van der Waals surface area contributed by atoms with Gasteiger partial charge < -0.3 is 5.32 Å². The topological polar surface area (TPSA) is 64.8 Å². The third-order valence-corrected chi connectivity index (χ3v) is 5.27. The monoisotopic (exact) mass is 357 g/mol. The highest BCUT2D eigenvalue weighted by Crippen LogP contribution is 2.30. The number of anilines is 1. The van der Waals surface area contributed by atoms with E-state index in [0.29, 0.717) is 29.7 Å². The zero-order valence-corrected chi connectivity index (χ0v) is 15.5. The van der Waals surface area contributed by atoms with Gasteiger partial charge in [0, 0.05) is 48.7 Å². The molecule has 132 valence electrons. The van der Waals surface area contributed by atoms with Crippen LogP contribution in [0.5, 0.6) is 0 Å². The molecule has 6 heteroatoms. The summed E-state index contributed by atoms with van der Waals surface area (Å²) in [4.78, 5) is 11.4. The molecule has 0 aromatic carbocycles. The maximum Gasteiger partial charge on any atom is 0.137 e. The Bertz CT molecular complexity index is 772. The normalized spacial score (nSPS) is 24.2. The summed E-state index contributed by atoms with van der Waals surface area (Å²) in [5.41, 5.74) is 0.858.